The van der Waals surface area contributed by atoms with Crippen molar-refractivity contribution in [3.8, 4) is 0 Å². The number of amides is 3. The summed E-state index contributed by atoms with van der Waals surface area (Å²) in [5, 5.41) is 12.1. The molecule has 1 aliphatic heterocycles. The molecule has 3 amide bonds. The maximum absolute atomic E-state index is 13.6. The van der Waals surface area contributed by atoms with E-state index >= 15 is 0 Å². The van der Waals surface area contributed by atoms with E-state index in [1.807, 2.05) is 13.8 Å². The molecule has 3 rings (SSSR count). The second kappa shape index (κ2) is 9.45. The van der Waals surface area contributed by atoms with Gasteiger partial charge in [0.15, 0.2) is 0 Å². The number of carbonyl (C=O) groups is 3. The molecule has 3 fully saturated rings. The molecule has 0 radical (unpaired) electrons. The Morgan fingerprint density at radius 1 is 1.17 bits per heavy atom. The Morgan fingerprint density at radius 2 is 1.86 bits per heavy atom. The van der Waals surface area contributed by atoms with Crippen LogP contribution in [0, 0.1) is 23.2 Å². The lowest BCUT2D eigenvalue weighted by atomic mass is 9.75. The number of nitrogens with one attached hydrogen (secondary N) is 2. The van der Waals surface area contributed by atoms with Crippen molar-refractivity contribution in [2.75, 3.05) is 13.1 Å². The molecule has 29 heavy (non-hydrogen) atoms. The first-order chi connectivity index (χ1) is 13.9. The summed E-state index contributed by atoms with van der Waals surface area (Å²) in [7, 11) is 0. The highest BCUT2D eigenvalue weighted by atomic mass is 16.5. The highest BCUT2D eigenvalue weighted by Crippen LogP contribution is 2.44. The van der Waals surface area contributed by atoms with Gasteiger partial charge in [-0.15, -0.1) is 0 Å². The van der Waals surface area contributed by atoms with Crippen LogP contribution >= 0.6 is 0 Å². The molecule has 7 nitrogen and oxygen atoms in total. The van der Waals surface area contributed by atoms with Crippen molar-refractivity contribution in [3.63, 3.8) is 0 Å². The van der Waals surface area contributed by atoms with Gasteiger partial charge in [-0.05, 0) is 56.3 Å². The van der Waals surface area contributed by atoms with E-state index in [1.54, 1.807) is 10.4 Å². The molecule has 3 aliphatic rings. The summed E-state index contributed by atoms with van der Waals surface area (Å²) in [6.07, 6.45) is 8.78. The maximum Gasteiger partial charge on any atom is 0.244 e. The van der Waals surface area contributed by atoms with Crippen LogP contribution in [0.2, 0.25) is 0 Å². The fourth-order valence-corrected chi connectivity index (χ4v) is 5.40. The van der Waals surface area contributed by atoms with Gasteiger partial charge >= 0.3 is 0 Å². The monoisotopic (exact) mass is 407 g/mol. The third kappa shape index (κ3) is 5.30. The van der Waals surface area contributed by atoms with Gasteiger partial charge in [0.1, 0.15) is 6.04 Å². The van der Waals surface area contributed by atoms with Crippen LogP contribution in [0.3, 0.4) is 0 Å². The summed E-state index contributed by atoms with van der Waals surface area (Å²) in [4.78, 5) is 40.6. The van der Waals surface area contributed by atoms with E-state index in [9.17, 15) is 14.4 Å². The molecule has 0 aromatic rings. The summed E-state index contributed by atoms with van der Waals surface area (Å²) in [6.45, 7) is 5.28. The maximum atomic E-state index is 13.6. The molecule has 7 heteroatoms. The van der Waals surface area contributed by atoms with E-state index in [-0.39, 0.29) is 30.1 Å². The fourth-order valence-electron chi connectivity index (χ4n) is 5.40. The first-order valence-electron chi connectivity index (χ1n) is 11.4. The number of rotatable bonds is 9. The zero-order chi connectivity index (χ0) is 21.0. The zero-order valence-corrected chi connectivity index (χ0v) is 17.9. The van der Waals surface area contributed by atoms with Gasteiger partial charge in [-0.1, -0.05) is 33.1 Å². The second-order valence-corrected chi connectivity index (χ2v) is 9.87. The molecule has 0 bridgehead atoms. The summed E-state index contributed by atoms with van der Waals surface area (Å²) >= 11 is 0. The highest BCUT2D eigenvalue weighted by molar-refractivity contribution is 5.94. The number of hydrogen-bond acceptors (Lipinski definition) is 4. The predicted molar refractivity (Wildman–Crippen MR) is 109 cm³/mol. The van der Waals surface area contributed by atoms with Gasteiger partial charge in [0, 0.05) is 19.5 Å². The number of likely N-dealkylation sites (tertiary alicyclic amines) is 1. The highest BCUT2D eigenvalue weighted by Gasteiger charge is 2.52. The molecule has 2 aliphatic carbocycles. The molecule has 1 saturated heterocycles. The minimum Gasteiger partial charge on any atom is -0.354 e. The Labute approximate surface area is 173 Å². The van der Waals surface area contributed by atoms with E-state index in [4.69, 9.17) is 5.21 Å². The lowest BCUT2D eigenvalue weighted by Crippen LogP contribution is -2.54. The second-order valence-electron chi connectivity index (χ2n) is 9.87. The molecule has 0 aromatic heterocycles. The van der Waals surface area contributed by atoms with E-state index in [0.717, 1.165) is 25.7 Å². The van der Waals surface area contributed by atoms with Gasteiger partial charge in [-0.3, -0.25) is 19.6 Å². The van der Waals surface area contributed by atoms with Crippen molar-refractivity contribution in [2.24, 2.45) is 23.2 Å². The molecular weight excluding hydrogens is 370 g/mol. The summed E-state index contributed by atoms with van der Waals surface area (Å²) in [5.41, 5.74) is 0.863. The SMILES string of the molecule is CC(C)C[C@@]1(CC(=O)NO)CCN([C@@H](C(=O)NCC2CC2)C2CCCCC2)C1=O. The summed E-state index contributed by atoms with van der Waals surface area (Å²) < 4.78 is 0. The number of nitrogens with zero attached hydrogens (tertiary/aromatic N) is 1. The van der Waals surface area contributed by atoms with Crippen LogP contribution in [-0.4, -0.2) is 47.0 Å². The standard InChI is InChI=1S/C22H37N3O4/c1-15(2)12-22(13-18(26)24-29)10-11-25(21(22)28)19(17-6-4-3-5-7-17)20(27)23-14-16-8-9-16/h15-17,19,29H,3-14H2,1-2H3,(H,23,27)(H,24,26)/t19-,22-/m1/s1. The number of carbonyl (C=O) groups excluding carboxylic acids is 3. The Bertz CT molecular complexity index is 613. The lowest BCUT2D eigenvalue weighted by Gasteiger charge is -2.37. The smallest absolute Gasteiger partial charge is 0.244 e. The van der Waals surface area contributed by atoms with E-state index in [1.165, 1.54) is 19.3 Å². The molecule has 164 valence electrons. The van der Waals surface area contributed by atoms with Crippen molar-refractivity contribution < 1.29 is 19.6 Å². The zero-order valence-electron chi connectivity index (χ0n) is 17.9. The molecule has 2 atom stereocenters. The van der Waals surface area contributed by atoms with Gasteiger partial charge in [0.2, 0.25) is 17.7 Å². The number of hydroxylamine groups is 1. The van der Waals surface area contributed by atoms with E-state index in [0.29, 0.717) is 31.8 Å². The van der Waals surface area contributed by atoms with Crippen molar-refractivity contribution in [2.45, 2.75) is 84.1 Å². The third-order valence-corrected chi connectivity index (χ3v) is 6.93. The molecule has 1 heterocycles. The number of hydrogen-bond donors (Lipinski definition) is 3. The van der Waals surface area contributed by atoms with Crippen LogP contribution < -0.4 is 10.8 Å². The molecule has 0 unspecified atom stereocenters. The Morgan fingerprint density at radius 3 is 2.45 bits per heavy atom. The van der Waals surface area contributed by atoms with E-state index in [2.05, 4.69) is 5.32 Å². The topological polar surface area (TPSA) is 98.7 Å². The molecule has 3 N–H and O–H groups in total. The minimum atomic E-state index is -0.829. The third-order valence-electron chi connectivity index (χ3n) is 6.93. The average molecular weight is 408 g/mol. The van der Waals surface area contributed by atoms with E-state index < -0.39 is 17.4 Å². The van der Waals surface area contributed by atoms with Gasteiger partial charge in [0.25, 0.3) is 0 Å². The summed E-state index contributed by atoms with van der Waals surface area (Å²) in [6, 6.07) is -0.437. The summed E-state index contributed by atoms with van der Waals surface area (Å²) in [5.74, 6) is 0.369. The predicted octanol–water partition coefficient (Wildman–Crippen LogP) is 2.62. The van der Waals surface area contributed by atoms with Gasteiger partial charge in [-0.2, -0.15) is 0 Å². The molecule has 0 spiro atoms. The quantitative estimate of drug-likeness (QED) is 0.404. The first kappa shape index (κ1) is 22.1. The van der Waals surface area contributed by atoms with Crippen LogP contribution in [0.1, 0.15) is 78.1 Å². The van der Waals surface area contributed by atoms with Crippen LogP contribution in [-0.2, 0) is 14.4 Å². The first-order valence-corrected chi connectivity index (χ1v) is 11.4. The van der Waals surface area contributed by atoms with Crippen LogP contribution in [0.5, 0.6) is 0 Å². The van der Waals surface area contributed by atoms with Gasteiger partial charge < -0.3 is 10.2 Å². The minimum absolute atomic E-state index is 0.0240. The Balaban J connectivity index is 1.80. The van der Waals surface area contributed by atoms with Crippen LogP contribution in [0.4, 0.5) is 0 Å². The normalized spacial score (nSPS) is 26.6. The molecule has 2 saturated carbocycles. The van der Waals surface area contributed by atoms with Gasteiger partial charge in [-0.25, -0.2) is 5.48 Å². The van der Waals surface area contributed by atoms with Crippen molar-refractivity contribution in [3.05, 3.63) is 0 Å². The molecular formula is C22H37N3O4. The lowest BCUT2D eigenvalue weighted by molar-refractivity contribution is -0.148. The molecule has 0 aromatic carbocycles. The fraction of sp³-hybridized carbons (Fsp3) is 0.864. The largest absolute Gasteiger partial charge is 0.354 e. The van der Waals surface area contributed by atoms with Crippen molar-refractivity contribution in [1.29, 1.82) is 0 Å². The van der Waals surface area contributed by atoms with Crippen LogP contribution in [0.25, 0.3) is 0 Å². The average Bonchev–Trinajstić information content (AvgIpc) is 3.48. The Hall–Kier alpha value is -1.63. The van der Waals surface area contributed by atoms with Crippen LogP contribution in [0.15, 0.2) is 0 Å². The van der Waals surface area contributed by atoms with Crippen molar-refractivity contribution in [1.82, 2.24) is 15.7 Å². The van der Waals surface area contributed by atoms with Gasteiger partial charge in [0.05, 0.1) is 5.41 Å². The van der Waals surface area contributed by atoms with Crippen molar-refractivity contribution >= 4 is 17.7 Å². The Kier molecular flexibility index (Phi) is 7.19.